The highest BCUT2D eigenvalue weighted by Crippen LogP contribution is 2.17. The van der Waals surface area contributed by atoms with Crippen LogP contribution in [0.25, 0.3) is 0 Å². The van der Waals surface area contributed by atoms with Crippen LogP contribution in [0.15, 0.2) is 23.2 Å². The molecule has 0 bridgehead atoms. The van der Waals surface area contributed by atoms with Crippen molar-refractivity contribution < 1.29 is 9.31 Å². The van der Waals surface area contributed by atoms with E-state index in [0.29, 0.717) is 5.56 Å². The zero-order valence-electron chi connectivity index (χ0n) is 9.40. The minimum absolute atomic E-state index is 0.252. The Morgan fingerprint density at radius 1 is 1.44 bits per heavy atom. The molecule has 0 unspecified atom stereocenters. The molecule has 86 valence electrons. The van der Waals surface area contributed by atoms with Crippen LogP contribution < -0.4 is 0 Å². The Kier molecular flexibility index (Phi) is 3.37. The molecule has 0 atom stereocenters. The highest BCUT2D eigenvalue weighted by Gasteiger charge is 2.13. The largest absolute Gasteiger partial charge is 0.304 e. The third-order valence-corrected chi connectivity index (χ3v) is 1.77. The molecule has 1 aromatic rings. The van der Waals surface area contributed by atoms with Crippen molar-refractivity contribution in [1.29, 1.82) is 0 Å². The van der Waals surface area contributed by atoms with Crippen LogP contribution >= 0.6 is 0 Å². The molecule has 0 fully saturated rings. The molecule has 1 aromatic carbocycles. The van der Waals surface area contributed by atoms with E-state index in [1.165, 1.54) is 12.3 Å². The molecule has 16 heavy (non-hydrogen) atoms. The van der Waals surface area contributed by atoms with Crippen molar-refractivity contribution in [3.63, 3.8) is 0 Å². The monoisotopic (exact) mass is 224 g/mol. The second-order valence-corrected chi connectivity index (χ2v) is 4.40. The summed E-state index contributed by atoms with van der Waals surface area (Å²) in [6.07, 6.45) is 1.51. The first kappa shape index (κ1) is 12.3. The summed E-state index contributed by atoms with van der Waals surface area (Å²) in [4.78, 5) is 13.8. The first-order valence-electron chi connectivity index (χ1n) is 4.79. The van der Waals surface area contributed by atoms with E-state index in [9.17, 15) is 14.5 Å². The van der Waals surface area contributed by atoms with E-state index in [2.05, 4.69) is 4.99 Å². The molecule has 0 radical (unpaired) electrons. The lowest BCUT2D eigenvalue weighted by molar-refractivity contribution is -0.387. The molecule has 0 aromatic heterocycles. The molecule has 0 amide bonds. The zero-order chi connectivity index (χ0) is 12.3. The molecular weight excluding hydrogens is 211 g/mol. The Bertz CT molecular complexity index is 436. The molecule has 0 heterocycles. The molecule has 1 rings (SSSR count). The van der Waals surface area contributed by atoms with Crippen molar-refractivity contribution in [2.24, 2.45) is 4.99 Å². The van der Waals surface area contributed by atoms with Gasteiger partial charge in [-0.05, 0) is 38.5 Å². The lowest BCUT2D eigenvalue weighted by atomic mass is 10.1. The van der Waals surface area contributed by atoms with E-state index >= 15 is 0 Å². The summed E-state index contributed by atoms with van der Waals surface area (Å²) >= 11 is 0. The summed E-state index contributed by atoms with van der Waals surface area (Å²) in [5.74, 6) is -0.845. The van der Waals surface area contributed by atoms with Gasteiger partial charge in [0, 0.05) is 12.3 Å². The van der Waals surface area contributed by atoms with Crippen molar-refractivity contribution >= 4 is 11.9 Å². The first-order valence-corrected chi connectivity index (χ1v) is 4.79. The van der Waals surface area contributed by atoms with Crippen LogP contribution in [0.2, 0.25) is 0 Å². The lowest BCUT2D eigenvalue weighted by Gasteiger charge is -2.10. The van der Waals surface area contributed by atoms with E-state index < -0.39 is 16.4 Å². The number of nitro groups is 1. The number of benzene rings is 1. The first-order chi connectivity index (χ1) is 7.29. The van der Waals surface area contributed by atoms with Gasteiger partial charge in [-0.1, -0.05) is 0 Å². The van der Waals surface area contributed by atoms with Gasteiger partial charge >= 0.3 is 5.69 Å². The fourth-order valence-electron chi connectivity index (χ4n) is 1.02. The van der Waals surface area contributed by atoms with Gasteiger partial charge in [-0.25, -0.2) is 0 Å². The van der Waals surface area contributed by atoms with Crippen molar-refractivity contribution in [2.45, 2.75) is 26.3 Å². The standard InChI is InChI=1S/C11H13FN2O2/c1-11(2,3)13-7-8-4-5-10(14(15)16)9(12)6-8/h4-7H,1-3H3. The summed E-state index contributed by atoms with van der Waals surface area (Å²) in [6, 6.07) is 3.71. The third-order valence-electron chi connectivity index (χ3n) is 1.77. The molecule has 5 heteroatoms. The van der Waals surface area contributed by atoms with Gasteiger partial charge in [-0.3, -0.25) is 15.1 Å². The molecule has 0 saturated heterocycles. The topological polar surface area (TPSA) is 55.5 Å². The van der Waals surface area contributed by atoms with Gasteiger partial charge in [0.05, 0.1) is 10.5 Å². The van der Waals surface area contributed by atoms with Crippen LogP contribution in [0.5, 0.6) is 0 Å². The van der Waals surface area contributed by atoms with E-state index in [1.807, 2.05) is 20.8 Å². The fraction of sp³-hybridized carbons (Fsp3) is 0.364. The summed E-state index contributed by atoms with van der Waals surface area (Å²) in [5, 5.41) is 10.4. The molecular formula is C11H13FN2O2. The zero-order valence-corrected chi connectivity index (χ0v) is 9.40. The Morgan fingerprint density at radius 2 is 2.06 bits per heavy atom. The van der Waals surface area contributed by atoms with Crippen LogP contribution in [-0.2, 0) is 0 Å². The highest BCUT2D eigenvalue weighted by molar-refractivity contribution is 5.80. The number of rotatable bonds is 2. The summed E-state index contributed by atoms with van der Waals surface area (Å²) < 4.78 is 13.2. The Morgan fingerprint density at radius 3 is 2.50 bits per heavy atom. The smallest absolute Gasteiger partial charge is 0.287 e. The molecule has 4 nitrogen and oxygen atoms in total. The second-order valence-electron chi connectivity index (χ2n) is 4.40. The molecule has 0 saturated carbocycles. The van der Waals surface area contributed by atoms with Crippen molar-refractivity contribution in [2.75, 3.05) is 0 Å². The van der Waals surface area contributed by atoms with Crippen molar-refractivity contribution in [3.8, 4) is 0 Å². The Balaban J connectivity index is 2.99. The number of hydrogen-bond acceptors (Lipinski definition) is 3. The summed E-state index contributed by atoms with van der Waals surface area (Å²) in [7, 11) is 0. The van der Waals surface area contributed by atoms with Crippen LogP contribution in [0.3, 0.4) is 0 Å². The van der Waals surface area contributed by atoms with Gasteiger partial charge in [0.1, 0.15) is 0 Å². The van der Waals surface area contributed by atoms with E-state index in [-0.39, 0.29) is 5.54 Å². The van der Waals surface area contributed by atoms with Gasteiger partial charge in [-0.15, -0.1) is 0 Å². The molecule has 0 aliphatic rings. The van der Waals surface area contributed by atoms with Gasteiger partial charge in [0.15, 0.2) is 0 Å². The Labute approximate surface area is 93.0 Å². The number of nitro benzene ring substituents is 1. The van der Waals surface area contributed by atoms with Gasteiger partial charge in [0.2, 0.25) is 5.82 Å². The van der Waals surface area contributed by atoms with Gasteiger partial charge < -0.3 is 0 Å². The molecule has 0 N–H and O–H groups in total. The number of nitrogens with zero attached hydrogens (tertiary/aromatic N) is 2. The quantitative estimate of drug-likeness (QED) is 0.440. The van der Waals surface area contributed by atoms with Gasteiger partial charge in [-0.2, -0.15) is 4.39 Å². The molecule has 0 aliphatic heterocycles. The van der Waals surface area contributed by atoms with Crippen LogP contribution in [0, 0.1) is 15.9 Å². The predicted molar refractivity (Wildman–Crippen MR) is 60.4 cm³/mol. The molecule has 0 aliphatic carbocycles. The predicted octanol–water partition coefficient (Wildman–Crippen LogP) is 2.95. The van der Waals surface area contributed by atoms with E-state index in [0.717, 1.165) is 12.1 Å². The SMILES string of the molecule is CC(C)(C)N=Cc1ccc([N+](=O)[O-])c(F)c1. The van der Waals surface area contributed by atoms with Gasteiger partial charge in [0.25, 0.3) is 0 Å². The summed E-state index contributed by atoms with van der Waals surface area (Å²) in [6.45, 7) is 5.72. The maximum absolute atomic E-state index is 13.2. The number of halogens is 1. The maximum atomic E-state index is 13.2. The van der Waals surface area contributed by atoms with Crippen LogP contribution in [-0.4, -0.2) is 16.7 Å². The molecule has 0 spiro atoms. The normalized spacial score (nSPS) is 12.0. The lowest BCUT2D eigenvalue weighted by Crippen LogP contribution is -2.09. The Hall–Kier alpha value is -1.78. The number of hydrogen-bond donors (Lipinski definition) is 0. The highest BCUT2D eigenvalue weighted by atomic mass is 19.1. The summed E-state index contributed by atoms with van der Waals surface area (Å²) in [5.41, 5.74) is -0.260. The van der Waals surface area contributed by atoms with Crippen LogP contribution in [0.1, 0.15) is 26.3 Å². The van der Waals surface area contributed by atoms with E-state index in [1.54, 1.807) is 0 Å². The van der Waals surface area contributed by atoms with Crippen molar-refractivity contribution in [1.82, 2.24) is 0 Å². The minimum Gasteiger partial charge on any atom is -0.287 e. The minimum atomic E-state index is -0.845. The number of aliphatic imine (C=N–C) groups is 1. The van der Waals surface area contributed by atoms with Crippen LogP contribution in [0.4, 0.5) is 10.1 Å². The van der Waals surface area contributed by atoms with Crippen molar-refractivity contribution in [3.05, 3.63) is 39.7 Å². The fourth-order valence-corrected chi connectivity index (χ4v) is 1.02. The van der Waals surface area contributed by atoms with E-state index in [4.69, 9.17) is 0 Å². The second kappa shape index (κ2) is 4.38. The maximum Gasteiger partial charge on any atom is 0.304 e. The average molecular weight is 224 g/mol. The average Bonchev–Trinajstić information content (AvgIpc) is 2.13. The third kappa shape index (κ3) is 3.42.